The number of nitrogens with one attached hydrogen (secondary N) is 3. The average molecular weight is 219 g/mol. The summed E-state index contributed by atoms with van der Waals surface area (Å²) >= 11 is 0. The van der Waals surface area contributed by atoms with Crippen LogP contribution in [0.25, 0.3) is 11.1 Å². The van der Waals surface area contributed by atoms with E-state index in [2.05, 4.69) is 15.6 Å². The highest BCUT2D eigenvalue weighted by molar-refractivity contribution is 5.72. The van der Waals surface area contributed by atoms with Crippen LogP contribution in [0.1, 0.15) is 11.6 Å². The van der Waals surface area contributed by atoms with Gasteiger partial charge in [-0.05, 0) is 17.7 Å². The van der Waals surface area contributed by atoms with E-state index in [4.69, 9.17) is 4.42 Å². The summed E-state index contributed by atoms with van der Waals surface area (Å²) in [5, 5.41) is 6.74. The Morgan fingerprint density at radius 2 is 2.25 bits per heavy atom. The molecule has 1 atom stereocenters. The van der Waals surface area contributed by atoms with Gasteiger partial charge in [-0.2, -0.15) is 0 Å². The fourth-order valence-corrected chi connectivity index (χ4v) is 2.07. The molecule has 1 aromatic heterocycles. The molecule has 0 bridgehead atoms. The lowest BCUT2D eigenvalue weighted by atomic mass is 10.1. The van der Waals surface area contributed by atoms with Crippen molar-refractivity contribution >= 4 is 11.1 Å². The maximum atomic E-state index is 11.0. The van der Waals surface area contributed by atoms with Gasteiger partial charge >= 0.3 is 5.76 Å². The minimum atomic E-state index is -0.401. The zero-order chi connectivity index (χ0) is 11.0. The van der Waals surface area contributed by atoms with Crippen LogP contribution in [0.2, 0.25) is 0 Å². The molecule has 3 rings (SSSR count). The summed E-state index contributed by atoms with van der Waals surface area (Å²) in [6, 6.07) is 6.10. The second-order valence-electron chi connectivity index (χ2n) is 3.98. The fourth-order valence-electron chi connectivity index (χ4n) is 2.07. The molecule has 2 aromatic rings. The lowest BCUT2D eigenvalue weighted by molar-refractivity contribution is 0.430. The molecule has 5 heteroatoms. The first-order valence-corrected chi connectivity index (χ1v) is 5.40. The number of hydrogen-bond donors (Lipinski definition) is 3. The average Bonchev–Trinajstić information content (AvgIpc) is 2.69. The number of fused-ring (bicyclic) bond motifs is 1. The molecular formula is C11H13N3O2. The third-order valence-electron chi connectivity index (χ3n) is 2.89. The van der Waals surface area contributed by atoms with Gasteiger partial charge in [0.05, 0.1) is 5.52 Å². The molecule has 0 aliphatic carbocycles. The Labute approximate surface area is 91.8 Å². The Balaban J connectivity index is 2.00. The van der Waals surface area contributed by atoms with Crippen LogP contribution in [0.4, 0.5) is 0 Å². The topological polar surface area (TPSA) is 70.1 Å². The number of piperazine rings is 1. The van der Waals surface area contributed by atoms with Gasteiger partial charge in [-0.3, -0.25) is 4.98 Å². The van der Waals surface area contributed by atoms with Crippen LogP contribution in [0.5, 0.6) is 0 Å². The van der Waals surface area contributed by atoms with Gasteiger partial charge in [-0.15, -0.1) is 0 Å². The molecule has 3 N–H and O–H groups in total. The molecular weight excluding hydrogens is 206 g/mol. The van der Waals surface area contributed by atoms with Crippen LogP contribution in [0.3, 0.4) is 0 Å². The van der Waals surface area contributed by atoms with Crippen LogP contribution in [-0.4, -0.2) is 24.6 Å². The van der Waals surface area contributed by atoms with Crippen LogP contribution < -0.4 is 16.4 Å². The van der Waals surface area contributed by atoms with Gasteiger partial charge in [0.1, 0.15) is 0 Å². The number of oxazole rings is 1. The summed E-state index contributed by atoms with van der Waals surface area (Å²) < 4.78 is 5.04. The van der Waals surface area contributed by atoms with Crippen molar-refractivity contribution in [1.82, 2.24) is 15.6 Å². The summed E-state index contributed by atoms with van der Waals surface area (Å²) in [7, 11) is 0. The zero-order valence-electron chi connectivity index (χ0n) is 8.75. The normalized spacial score (nSPS) is 21.4. The quantitative estimate of drug-likeness (QED) is 0.647. The number of benzene rings is 1. The Morgan fingerprint density at radius 1 is 1.31 bits per heavy atom. The van der Waals surface area contributed by atoms with E-state index in [0.29, 0.717) is 11.6 Å². The lowest BCUT2D eigenvalue weighted by Gasteiger charge is -2.24. The van der Waals surface area contributed by atoms with Crippen LogP contribution in [-0.2, 0) is 0 Å². The second kappa shape index (κ2) is 3.77. The third kappa shape index (κ3) is 1.64. The van der Waals surface area contributed by atoms with E-state index in [-0.39, 0.29) is 0 Å². The maximum Gasteiger partial charge on any atom is 0.417 e. The van der Waals surface area contributed by atoms with E-state index in [1.165, 1.54) is 0 Å². The summed E-state index contributed by atoms with van der Waals surface area (Å²) in [5.74, 6) is -0.401. The van der Waals surface area contributed by atoms with Crippen LogP contribution >= 0.6 is 0 Å². The lowest BCUT2D eigenvalue weighted by Crippen LogP contribution is -2.42. The van der Waals surface area contributed by atoms with Gasteiger partial charge < -0.3 is 15.1 Å². The monoisotopic (exact) mass is 219 g/mol. The number of H-pyrrole nitrogens is 1. The molecule has 1 saturated heterocycles. The predicted octanol–water partition coefficient (Wildman–Crippen LogP) is 0.355. The first-order valence-electron chi connectivity index (χ1n) is 5.40. The summed E-state index contributed by atoms with van der Waals surface area (Å²) in [6.45, 7) is 2.86. The molecule has 0 spiro atoms. The smallest absolute Gasteiger partial charge is 0.408 e. The van der Waals surface area contributed by atoms with Gasteiger partial charge in [0, 0.05) is 25.7 Å². The van der Waals surface area contributed by atoms with Crippen molar-refractivity contribution in [2.24, 2.45) is 0 Å². The Hall–Kier alpha value is -1.59. The van der Waals surface area contributed by atoms with E-state index in [9.17, 15) is 4.79 Å². The van der Waals surface area contributed by atoms with E-state index in [1.54, 1.807) is 0 Å². The highest BCUT2D eigenvalue weighted by Crippen LogP contribution is 2.18. The molecule has 84 valence electrons. The molecule has 0 radical (unpaired) electrons. The molecule has 0 saturated carbocycles. The van der Waals surface area contributed by atoms with Crippen LogP contribution in [0.15, 0.2) is 27.4 Å². The van der Waals surface area contributed by atoms with Crippen molar-refractivity contribution in [2.75, 3.05) is 19.6 Å². The molecule has 1 aliphatic rings. The van der Waals surface area contributed by atoms with Crippen molar-refractivity contribution in [3.05, 3.63) is 34.3 Å². The van der Waals surface area contributed by atoms with E-state index >= 15 is 0 Å². The number of hydrogen-bond acceptors (Lipinski definition) is 4. The number of rotatable bonds is 1. The molecule has 0 amide bonds. The maximum absolute atomic E-state index is 11.0. The number of aromatic amines is 1. The highest BCUT2D eigenvalue weighted by Gasteiger charge is 2.15. The Kier molecular flexibility index (Phi) is 2.27. The third-order valence-corrected chi connectivity index (χ3v) is 2.89. The minimum absolute atomic E-state index is 0.290. The van der Waals surface area contributed by atoms with Gasteiger partial charge in [0.15, 0.2) is 5.58 Å². The number of aromatic nitrogens is 1. The van der Waals surface area contributed by atoms with Crippen molar-refractivity contribution in [1.29, 1.82) is 0 Å². The van der Waals surface area contributed by atoms with Crippen molar-refractivity contribution in [3.63, 3.8) is 0 Å². The predicted molar refractivity (Wildman–Crippen MR) is 60.4 cm³/mol. The van der Waals surface area contributed by atoms with E-state index < -0.39 is 5.76 Å². The first kappa shape index (κ1) is 9.62. The molecule has 1 unspecified atom stereocenters. The largest absolute Gasteiger partial charge is 0.417 e. The minimum Gasteiger partial charge on any atom is -0.408 e. The second-order valence-corrected chi connectivity index (χ2v) is 3.98. The summed E-state index contributed by atoms with van der Waals surface area (Å²) in [6.07, 6.45) is 0. The van der Waals surface area contributed by atoms with Crippen molar-refractivity contribution in [2.45, 2.75) is 6.04 Å². The molecule has 5 nitrogen and oxygen atoms in total. The molecule has 1 fully saturated rings. The Morgan fingerprint density at radius 3 is 3.06 bits per heavy atom. The zero-order valence-corrected chi connectivity index (χ0v) is 8.75. The van der Waals surface area contributed by atoms with Gasteiger partial charge in [0.2, 0.25) is 0 Å². The van der Waals surface area contributed by atoms with E-state index in [0.717, 1.165) is 30.7 Å². The van der Waals surface area contributed by atoms with Gasteiger partial charge in [-0.1, -0.05) is 6.07 Å². The standard InChI is InChI=1S/C11H13N3O2/c15-11-14-8-2-1-7(5-10(8)16-11)9-6-12-3-4-13-9/h1-2,5,9,12-13H,3-4,6H2,(H,14,15). The van der Waals surface area contributed by atoms with Crippen molar-refractivity contribution < 1.29 is 4.42 Å². The highest BCUT2D eigenvalue weighted by atomic mass is 16.4. The SMILES string of the molecule is O=c1[nH]c2ccc(C3CNCCN3)cc2o1. The van der Waals surface area contributed by atoms with Crippen molar-refractivity contribution in [3.8, 4) is 0 Å². The van der Waals surface area contributed by atoms with Gasteiger partial charge in [-0.25, -0.2) is 4.79 Å². The first-order chi connectivity index (χ1) is 7.83. The van der Waals surface area contributed by atoms with Gasteiger partial charge in [0.25, 0.3) is 0 Å². The molecule has 1 aromatic carbocycles. The molecule has 1 aliphatic heterocycles. The van der Waals surface area contributed by atoms with Crippen LogP contribution in [0, 0.1) is 0 Å². The van der Waals surface area contributed by atoms with E-state index in [1.807, 2.05) is 18.2 Å². The fraction of sp³-hybridized carbons (Fsp3) is 0.364. The summed E-state index contributed by atoms with van der Waals surface area (Å²) in [4.78, 5) is 13.7. The Bertz CT molecular complexity index is 552. The molecule has 2 heterocycles. The molecule has 16 heavy (non-hydrogen) atoms. The summed E-state index contributed by atoms with van der Waals surface area (Å²) in [5.41, 5.74) is 2.51.